The fraction of sp³-hybridized carbons (Fsp3) is 0.625. The zero-order valence-electron chi connectivity index (χ0n) is 11.5. The summed E-state index contributed by atoms with van der Waals surface area (Å²) in [6, 6.07) is 8.28. The molecule has 1 N–H and O–H groups in total. The number of aliphatic hydroxyl groups excluding tert-OH is 1. The van der Waals surface area contributed by atoms with Crippen LogP contribution in [0.2, 0.25) is 0 Å². The summed E-state index contributed by atoms with van der Waals surface area (Å²) in [5, 5.41) is 10.6. The van der Waals surface area contributed by atoms with Crippen LogP contribution in [0.25, 0.3) is 0 Å². The smallest absolute Gasteiger partial charge is 0.0939 e. The monoisotopic (exact) mass is 248 g/mol. The Kier molecular flexibility index (Phi) is 4.41. The number of ether oxygens (including phenoxy) is 1. The topological polar surface area (TPSA) is 29.5 Å². The quantitative estimate of drug-likeness (QED) is 0.886. The lowest BCUT2D eigenvalue weighted by Crippen LogP contribution is -2.47. The molecule has 1 aliphatic rings. The molecular weight excluding hydrogens is 224 g/mol. The highest BCUT2D eigenvalue weighted by Crippen LogP contribution is 2.35. The van der Waals surface area contributed by atoms with E-state index in [9.17, 15) is 5.11 Å². The fourth-order valence-corrected chi connectivity index (χ4v) is 3.06. The van der Waals surface area contributed by atoms with Crippen molar-refractivity contribution in [3.05, 3.63) is 35.4 Å². The molecule has 2 rings (SSSR count). The van der Waals surface area contributed by atoms with Crippen LogP contribution < -0.4 is 0 Å². The van der Waals surface area contributed by atoms with E-state index in [4.69, 9.17) is 4.74 Å². The van der Waals surface area contributed by atoms with Gasteiger partial charge in [-0.15, -0.1) is 0 Å². The van der Waals surface area contributed by atoms with Gasteiger partial charge in [0.15, 0.2) is 0 Å². The van der Waals surface area contributed by atoms with E-state index in [1.165, 1.54) is 30.4 Å². The molecule has 1 unspecified atom stereocenters. The van der Waals surface area contributed by atoms with E-state index in [0.29, 0.717) is 6.42 Å². The molecule has 1 fully saturated rings. The van der Waals surface area contributed by atoms with Gasteiger partial charge in [-0.05, 0) is 30.9 Å². The molecule has 18 heavy (non-hydrogen) atoms. The van der Waals surface area contributed by atoms with E-state index in [1.807, 2.05) is 12.1 Å². The molecule has 0 aliphatic heterocycles. The Bertz CT molecular complexity index is 380. The van der Waals surface area contributed by atoms with E-state index >= 15 is 0 Å². The highest BCUT2D eigenvalue weighted by atomic mass is 16.5. The van der Waals surface area contributed by atoms with Gasteiger partial charge < -0.3 is 9.84 Å². The second-order valence-corrected chi connectivity index (χ2v) is 5.48. The van der Waals surface area contributed by atoms with E-state index in [0.717, 1.165) is 12.8 Å². The van der Waals surface area contributed by atoms with Crippen LogP contribution in [0.1, 0.15) is 43.2 Å². The first-order valence-corrected chi connectivity index (χ1v) is 6.96. The number of aryl methyl sites for hydroxylation is 1. The van der Waals surface area contributed by atoms with Gasteiger partial charge in [0.2, 0.25) is 0 Å². The Morgan fingerprint density at radius 2 is 1.89 bits per heavy atom. The largest absolute Gasteiger partial charge is 0.390 e. The predicted molar refractivity (Wildman–Crippen MR) is 73.7 cm³/mol. The van der Waals surface area contributed by atoms with Crippen LogP contribution in [0.3, 0.4) is 0 Å². The molecule has 2 nitrogen and oxygen atoms in total. The summed E-state index contributed by atoms with van der Waals surface area (Å²) in [6.45, 7) is 2.10. The minimum Gasteiger partial charge on any atom is -0.390 e. The molecule has 1 aromatic rings. The molecule has 0 bridgehead atoms. The van der Waals surface area contributed by atoms with Crippen LogP contribution in [0.4, 0.5) is 0 Å². The summed E-state index contributed by atoms with van der Waals surface area (Å²) < 4.78 is 5.70. The summed E-state index contributed by atoms with van der Waals surface area (Å²) in [5.74, 6) is 0. The first kappa shape index (κ1) is 13.6. The summed E-state index contributed by atoms with van der Waals surface area (Å²) in [4.78, 5) is 0. The van der Waals surface area contributed by atoms with Crippen molar-refractivity contribution in [3.63, 3.8) is 0 Å². The second kappa shape index (κ2) is 5.85. The van der Waals surface area contributed by atoms with Crippen molar-refractivity contribution in [3.8, 4) is 0 Å². The molecule has 0 saturated heterocycles. The molecule has 2 heteroatoms. The van der Waals surface area contributed by atoms with Gasteiger partial charge in [-0.2, -0.15) is 0 Å². The van der Waals surface area contributed by atoms with Gasteiger partial charge >= 0.3 is 0 Å². The Morgan fingerprint density at radius 1 is 1.22 bits per heavy atom. The van der Waals surface area contributed by atoms with Crippen molar-refractivity contribution in [1.29, 1.82) is 0 Å². The highest BCUT2D eigenvalue weighted by molar-refractivity contribution is 5.26. The normalized spacial score (nSPS) is 20.6. The van der Waals surface area contributed by atoms with E-state index in [-0.39, 0.29) is 5.60 Å². The average molecular weight is 248 g/mol. The van der Waals surface area contributed by atoms with Crippen molar-refractivity contribution >= 4 is 0 Å². The van der Waals surface area contributed by atoms with Crippen LogP contribution in [-0.4, -0.2) is 23.9 Å². The number of rotatable bonds is 4. The van der Waals surface area contributed by atoms with Gasteiger partial charge in [-0.3, -0.25) is 0 Å². The lowest BCUT2D eigenvalue weighted by atomic mass is 9.78. The summed E-state index contributed by atoms with van der Waals surface area (Å²) in [6.07, 6.45) is 5.86. The Labute approximate surface area is 110 Å². The SMILES string of the molecule is COC1(C(O)Cc2ccccc2C)CCCCC1. The first-order valence-electron chi connectivity index (χ1n) is 6.96. The Hall–Kier alpha value is -0.860. The van der Waals surface area contributed by atoms with E-state index in [2.05, 4.69) is 19.1 Å². The number of benzene rings is 1. The van der Waals surface area contributed by atoms with Gasteiger partial charge in [-0.25, -0.2) is 0 Å². The molecule has 1 aliphatic carbocycles. The van der Waals surface area contributed by atoms with Crippen LogP contribution in [0, 0.1) is 6.92 Å². The number of hydrogen-bond acceptors (Lipinski definition) is 2. The zero-order chi connectivity index (χ0) is 13.0. The third kappa shape index (κ3) is 2.76. The minimum absolute atomic E-state index is 0.319. The van der Waals surface area contributed by atoms with Gasteiger partial charge in [-0.1, -0.05) is 43.5 Å². The molecule has 0 radical (unpaired) electrons. The molecule has 1 aromatic carbocycles. The summed E-state index contributed by atoms with van der Waals surface area (Å²) >= 11 is 0. The molecule has 0 aromatic heterocycles. The van der Waals surface area contributed by atoms with Gasteiger partial charge in [0, 0.05) is 13.5 Å². The summed E-state index contributed by atoms with van der Waals surface area (Å²) in [7, 11) is 1.74. The summed E-state index contributed by atoms with van der Waals surface area (Å²) in [5.41, 5.74) is 2.16. The van der Waals surface area contributed by atoms with Crippen molar-refractivity contribution < 1.29 is 9.84 Å². The van der Waals surface area contributed by atoms with Crippen LogP contribution in [-0.2, 0) is 11.2 Å². The van der Waals surface area contributed by atoms with E-state index < -0.39 is 6.10 Å². The van der Waals surface area contributed by atoms with Gasteiger partial charge in [0.25, 0.3) is 0 Å². The average Bonchev–Trinajstić information content (AvgIpc) is 2.42. The Morgan fingerprint density at radius 3 is 2.50 bits per heavy atom. The van der Waals surface area contributed by atoms with E-state index in [1.54, 1.807) is 7.11 Å². The van der Waals surface area contributed by atoms with Gasteiger partial charge in [0.1, 0.15) is 0 Å². The molecule has 1 saturated carbocycles. The zero-order valence-corrected chi connectivity index (χ0v) is 11.5. The lowest BCUT2D eigenvalue weighted by Gasteiger charge is -2.40. The molecule has 0 amide bonds. The van der Waals surface area contributed by atoms with Crippen molar-refractivity contribution in [2.24, 2.45) is 0 Å². The van der Waals surface area contributed by atoms with Crippen LogP contribution in [0.5, 0.6) is 0 Å². The standard InChI is InChI=1S/C16H24O2/c1-13-8-4-5-9-14(13)12-15(17)16(18-2)10-6-3-7-11-16/h4-5,8-9,15,17H,3,6-7,10-12H2,1-2H3. The highest BCUT2D eigenvalue weighted by Gasteiger charge is 2.39. The van der Waals surface area contributed by atoms with Crippen LogP contribution in [0.15, 0.2) is 24.3 Å². The van der Waals surface area contributed by atoms with Crippen LogP contribution >= 0.6 is 0 Å². The Balaban J connectivity index is 2.10. The second-order valence-electron chi connectivity index (χ2n) is 5.48. The third-order valence-electron chi connectivity index (χ3n) is 4.39. The maximum absolute atomic E-state index is 10.6. The molecule has 1 atom stereocenters. The maximum atomic E-state index is 10.6. The first-order chi connectivity index (χ1) is 8.68. The van der Waals surface area contributed by atoms with Crippen molar-refractivity contribution in [1.82, 2.24) is 0 Å². The number of methoxy groups -OCH3 is 1. The maximum Gasteiger partial charge on any atom is 0.0939 e. The fourth-order valence-electron chi connectivity index (χ4n) is 3.06. The molecular formula is C16H24O2. The van der Waals surface area contributed by atoms with Crippen molar-refractivity contribution in [2.45, 2.75) is 57.2 Å². The molecule has 0 spiro atoms. The van der Waals surface area contributed by atoms with Crippen molar-refractivity contribution in [2.75, 3.05) is 7.11 Å². The molecule has 0 heterocycles. The lowest BCUT2D eigenvalue weighted by molar-refractivity contribution is -0.122. The number of aliphatic hydroxyl groups is 1. The minimum atomic E-state index is -0.399. The number of hydrogen-bond donors (Lipinski definition) is 1. The predicted octanol–water partition coefficient (Wildman–Crippen LogP) is 3.25. The van der Waals surface area contributed by atoms with Gasteiger partial charge in [0.05, 0.1) is 11.7 Å². The third-order valence-corrected chi connectivity index (χ3v) is 4.39. The molecule has 100 valence electrons.